The van der Waals surface area contributed by atoms with E-state index < -0.39 is 12.1 Å². The van der Waals surface area contributed by atoms with E-state index in [9.17, 15) is 18.3 Å². The third-order valence-corrected chi connectivity index (χ3v) is 5.16. The Hall–Kier alpha value is -3.88. The molecule has 4 rings (SSSR count). The highest BCUT2D eigenvalue weighted by atomic mass is 19.4. The highest BCUT2D eigenvalue weighted by molar-refractivity contribution is 5.82. The van der Waals surface area contributed by atoms with Gasteiger partial charge in [0.1, 0.15) is 5.75 Å². The van der Waals surface area contributed by atoms with Crippen molar-refractivity contribution in [3.63, 3.8) is 0 Å². The molecular formula is C23H19F3N4O2. The van der Waals surface area contributed by atoms with Gasteiger partial charge in [0.15, 0.2) is 0 Å². The number of fused-ring (bicyclic) bond motifs is 1. The molecule has 9 heteroatoms. The molecule has 2 aromatic carbocycles. The van der Waals surface area contributed by atoms with Crippen LogP contribution in [0, 0.1) is 0 Å². The fourth-order valence-corrected chi connectivity index (χ4v) is 3.16. The second kappa shape index (κ2) is 8.33. The van der Waals surface area contributed by atoms with Crippen LogP contribution in [0.3, 0.4) is 0 Å². The number of nitrogens with zero attached hydrogens (tertiary/aromatic N) is 4. The Bertz CT molecular complexity index is 1230. The lowest BCUT2D eigenvalue weighted by Crippen LogP contribution is -2.17. The summed E-state index contributed by atoms with van der Waals surface area (Å²) in [5, 5.41) is 10.5. The summed E-state index contributed by atoms with van der Waals surface area (Å²) < 4.78 is 44.4. The molecule has 0 bridgehead atoms. The maximum atomic E-state index is 12.9. The Morgan fingerprint density at radius 1 is 0.938 bits per heavy atom. The van der Waals surface area contributed by atoms with E-state index in [0.717, 1.165) is 18.3 Å². The highest BCUT2D eigenvalue weighted by Crippen LogP contribution is 2.35. The van der Waals surface area contributed by atoms with Gasteiger partial charge in [0, 0.05) is 24.6 Å². The van der Waals surface area contributed by atoms with Gasteiger partial charge >= 0.3 is 12.2 Å². The molecule has 2 aromatic heterocycles. The molecule has 0 spiro atoms. The largest absolute Gasteiger partial charge is 0.493 e. The van der Waals surface area contributed by atoms with Gasteiger partial charge in [-0.15, -0.1) is 0 Å². The van der Waals surface area contributed by atoms with Crippen molar-refractivity contribution in [3.05, 3.63) is 72.6 Å². The summed E-state index contributed by atoms with van der Waals surface area (Å²) >= 11 is 0. The van der Waals surface area contributed by atoms with Crippen LogP contribution in [-0.4, -0.2) is 33.3 Å². The van der Waals surface area contributed by atoms with E-state index in [0.29, 0.717) is 16.7 Å². The zero-order valence-electron chi connectivity index (χ0n) is 17.2. The quantitative estimate of drug-likeness (QED) is 0.413. The number of hydrogen-bond donors (Lipinski definition) is 1. The summed E-state index contributed by atoms with van der Waals surface area (Å²) in [5.41, 5.74) is 2.22. The number of aromatic nitrogens is 3. The minimum Gasteiger partial charge on any atom is -0.493 e. The monoisotopic (exact) mass is 440 g/mol. The number of alkyl halides is 3. The molecule has 164 valence electrons. The van der Waals surface area contributed by atoms with Crippen molar-refractivity contribution in [1.29, 1.82) is 0 Å². The Morgan fingerprint density at radius 2 is 1.56 bits per heavy atom. The fourth-order valence-electron chi connectivity index (χ4n) is 3.16. The van der Waals surface area contributed by atoms with E-state index in [1.165, 1.54) is 24.5 Å². The lowest BCUT2D eigenvalue weighted by Gasteiger charge is -2.21. The van der Waals surface area contributed by atoms with Crippen LogP contribution in [0.25, 0.3) is 10.9 Å². The van der Waals surface area contributed by atoms with Crippen molar-refractivity contribution >= 4 is 22.3 Å². The molecule has 1 N–H and O–H groups in total. The Morgan fingerprint density at radius 3 is 2.19 bits per heavy atom. The summed E-state index contributed by atoms with van der Waals surface area (Å²) in [4.78, 5) is 14.0. The number of benzene rings is 2. The topological polar surface area (TPSA) is 71.4 Å². The first kappa shape index (κ1) is 21.4. The van der Waals surface area contributed by atoms with E-state index in [2.05, 4.69) is 15.0 Å². The Balaban J connectivity index is 1.49. The van der Waals surface area contributed by atoms with Gasteiger partial charge in [-0.3, -0.25) is 4.98 Å². The molecule has 0 fully saturated rings. The zero-order chi connectivity index (χ0) is 22.9. The van der Waals surface area contributed by atoms with E-state index in [-0.39, 0.29) is 17.5 Å². The second-order valence-corrected chi connectivity index (χ2v) is 7.23. The van der Waals surface area contributed by atoms with Crippen LogP contribution in [0.5, 0.6) is 17.6 Å². The molecular weight excluding hydrogens is 421 g/mol. The van der Waals surface area contributed by atoms with Crippen molar-refractivity contribution in [2.45, 2.75) is 19.0 Å². The third kappa shape index (κ3) is 4.41. The van der Waals surface area contributed by atoms with Crippen molar-refractivity contribution in [2.24, 2.45) is 0 Å². The zero-order valence-corrected chi connectivity index (χ0v) is 17.2. The molecule has 4 aromatic rings. The predicted molar refractivity (Wildman–Crippen MR) is 114 cm³/mol. The van der Waals surface area contributed by atoms with Crippen LogP contribution in [0.4, 0.5) is 24.5 Å². The first-order chi connectivity index (χ1) is 15.2. The van der Waals surface area contributed by atoms with Gasteiger partial charge in [-0.1, -0.05) is 12.1 Å². The number of anilines is 2. The molecule has 0 aliphatic rings. The first-order valence-electron chi connectivity index (χ1n) is 9.71. The highest BCUT2D eigenvalue weighted by Gasteiger charge is 2.36. The Kier molecular flexibility index (Phi) is 5.56. The van der Waals surface area contributed by atoms with Gasteiger partial charge in [-0.2, -0.15) is 23.1 Å². The number of ether oxygens (including phenoxy) is 1. The van der Waals surface area contributed by atoms with Crippen LogP contribution < -0.4 is 9.64 Å². The second-order valence-electron chi connectivity index (χ2n) is 7.23. The number of hydrogen-bond acceptors (Lipinski definition) is 6. The molecule has 32 heavy (non-hydrogen) atoms. The van der Waals surface area contributed by atoms with E-state index in [4.69, 9.17) is 4.74 Å². The van der Waals surface area contributed by atoms with Crippen LogP contribution in [0.1, 0.15) is 18.4 Å². The number of pyridine rings is 1. The molecule has 0 saturated carbocycles. The van der Waals surface area contributed by atoms with Gasteiger partial charge < -0.3 is 14.7 Å². The Labute approximate surface area is 182 Å². The molecule has 0 radical (unpaired) electrons. The lowest BCUT2D eigenvalue weighted by molar-refractivity contribution is -0.146. The molecule has 2 heterocycles. The minimum absolute atomic E-state index is 0.0153. The third-order valence-electron chi connectivity index (χ3n) is 5.16. The van der Waals surface area contributed by atoms with Gasteiger partial charge in [0.25, 0.3) is 0 Å². The van der Waals surface area contributed by atoms with Crippen molar-refractivity contribution in [1.82, 2.24) is 15.0 Å². The number of rotatable bonds is 5. The molecule has 1 atom stereocenters. The summed E-state index contributed by atoms with van der Waals surface area (Å²) in [6, 6.07) is 14.9. The lowest BCUT2D eigenvalue weighted by atomic mass is 10.0. The molecule has 6 nitrogen and oxygen atoms in total. The van der Waals surface area contributed by atoms with Gasteiger partial charge in [0.05, 0.1) is 23.0 Å². The SMILES string of the molecule is CC(c1ccc(N(C)c2ccc(Oc3nc(O)c4ccncc4n3)cc2)cc1)C(F)(F)F. The standard InChI is InChI=1S/C23H19F3N4O2/c1-14(23(24,25)26)15-3-5-16(6-4-15)30(2)17-7-9-18(10-8-17)32-22-28-20-13-27-12-11-19(20)21(31)29-22/h3-14H,1-2H3,(H,28,29,31). The molecule has 0 saturated heterocycles. The van der Waals surface area contributed by atoms with Crippen LogP contribution in [-0.2, 0) is 0 Å². The average Bonchev–Trinajstić information content (AvgIpc) is 2.78. The normalized spacial score (nSPS) is 12.5. The molecule has 0 amide bonds. The number of aromatic hydroxyl groups is 1. The van der Waals surface area contributed by atoms with Gasteiger partial charge in [-0.05, 0) is 55.0 Å². The molecule has 1 unspecified atom stereocenters. The maximum absolute atomic E-state index is 12.9. The van der Waals surface area contributed by atoms with Gasteiger partial charge in [-0.25, -0.2) is 0 Å². The smallest absolute Gasteiger partial charge is 0.395 e. The van der Waals surface area contributed by atoms with E-state index in [1.54, 1.807) is 42.5 Å². The van der Waals surface area contributed by atoms with Crippen LogP contribution in [0.2, 0.25) is 0 Å². The predicted octanol–water partition coefficient (Wildman–Crippen LogP) is 5.96. The fraction of sp³-hybridized carbons (Fsp3) is 0.174. The van der Waals surface area contributed by atoms with Crippen molar-refractivity contribution < 1.29 is 23.0 Å². The summed E-state index contributed by atoms with van der Waals surface area (Å²) in [7, 11) is 1.82. The van der Waals surface area contributed by atoms with Crippen molar-refractivity contribution in [3.8, 4) is 17.6 Å². The van der Waals surface area contributed by atoms with E-state index in [1.807, 2.05) is 11.9 Å². The maximum Gasteiger partial charge on any atom is 0.395 e. The number of halogens is 3. The van der Waals surface area contributed by atoms with Crippen molar-refractivity contribution in [2.75, 3.05) is 11.9 Å². The van der Waals surface area contributed by atoms with E-state index >= 15 is 0 Å². The first-order valence-corrected chi connectivity index (χ1v) is 9.71. The summed E-state index contributed by atoms with van der Waals surface area (Å²) in [5.74, 6) is -1.27. The minimum atomic E-state index is -4.27. The molecule has 0 aliphatic carbocycles. The van der Waals surface area contributed by atoms with Crippen LogP contribution in [0.15, 0.2) is 67.0 Å². The summed E-state index contributed by atoms with van der Waals surface area (Å²) in [6.45, 7) is 1.15. The van der Waals surface area contributed by atoms with Crippen LogP contribution >= 0.6 is 0 Å². The average molecular weight is 440 g/mol. The summed E-state index contributed by atoms with van der Waals surface area (Å²) in [6.07, 6.45) is -1.24. The molecule has 0 aliphatic heterocycles. The van der Waals surface area contributed by atoms with Gasteiger partial charge in [0.2, 0.25) is 5.88 Å².